The molecule has 0 amide bonds. The molecule has 3 rings (SSSR count). The Kier molecular flexibility index (Phi) is 7.51. The number of carbonyl (C=O) groups excluding carboxylic acids is 1. The molecule has 3 aromatic carbocycles. The van der Waals surface area contributed by atoms with Crippen LogP contribution in [0.3, 0.4) is 0 Å². The highest BCUT2D eigenvalue weighted by molar-refractivity contribution is 5.94. The molecule has 3 heteroatoms. The molecule has 0 aliphatic rings. The molecule has 0 aromatic heterocycles. The van der Waals surface area contributed by atoms with Crippen molar-refractivity contribution in [3.63, 3.8) is 0 Å². The van der Waals surface area contributed by atoms with Crippen LogP contribution in [0.4, 0.5) is 5.69 Å². The highest BCUT2D eigenvalue weighted by atomic mass is 16.5. The SMILES string of the molecule is CCN(CC=CC#CC(C)(C)C(=O)OCc1ccccc1)c1cccc2ccccc12. The minimum Gasteiger partial charge on any atom is -0.460 e. The number of hydrogen-bond acceptors (Lipinski definition) is 3. The number of hydrogen-bond donors (Lipinski definition) is 0. The molecule has 0 spiro atoms. The quantitative estimate of drug-likeness (QED) is 0.353. The van der Waals surface area contributed by atoms with Gasteiger partial charge in [-0.3, -0.25) is 4.79 Å². The summed E-state index contributed by atoms with van der Waals surface area (Å²) in [6.45, 7) is 7.62. The summed E-state index contributed by atoms with van der Waals surface area (Å²) in [5.74, 6) is 5.72. The van der Waals surface area contributed by atoms with E-state index in [2.05, 4.69) is 66.1 Å². The third-order valence-electron chi connectivity index (χ3n) is 5.12. The maximum atomic E-state index is 12.4. The second kappa shape index (κ2) is 10.5. The van der Waals surface area contributed by atoms with Crippen LogP contribution in [-0.4, -0.2) is 19.1 Å². The van der Waals surface area contributed by atoms with E-state index in [1.165, 1.54) is 16.5 Å². The second-order valence-electron chi connectivity index (χ2n) is 7.90. The molecule has 0 saturated carbocycles. The first-order valence-electron chi connectivity index (χ1n) is 10.6. The predicted octanol–water partition coefficient (Wildman–Crippen LogP) is 6.00. The van der Waals surface area contributed by atoms with Gasteiger partial charge in [-0.2, -0.15) is 0 Å². The molecule has 3 nitrogen and oxygen atoms in total. The summed E-state index contributed by atoms with van der Waals surface area (Å²) in [7, 11) is 0. The van der Waals surface area contributed by atoms with Crippen LogP contribution in [0, 0.1) is 17.3 Å². The van der Waals surface area contributed by atoms with Crippen LogP contribution in [0.5, 0.6) is 0 Å². The van der Waals surface area contributed by atoms with Gasteiger partial charge in [0.2, 0.25) is 0 Å². The van der Waals surface area contributed by atoms with Crippen molar-refractivity contribution in [1.29, 1.82) is 0 Å². The molecule has 0 heterocycles. The number of likely N-dealkylation sites (N-methyl/N-ethyl adjacent to an activating group) is 1. The number of carbonyl (C=O) groups is 1. The van der Waals surface area contributed by atoms with Crippen LogP contribution in [-0.2, 0) is 16.1 Å². The molecule has 158 valence electrons. The Morgan fingerprint density at radius 3 is 2.48 bits per heavy atom. The van der Waals surface area contributed by atoms with Crippen molar-refractivity contribution >= 4 is 22.4 Å². The molecule has 0 aliphatic carbocycles. The first-order chi connectivity index (χ1) is 15.0. The van der Waals surface area contributed by atoms with Gasteiger partial charge in [0.15, 0.2) is 0 Å². The molecule has 3 aromatic rings. The van der Waals surface area contributed by atoms with E-state index in [4.69, 9.17) is 4.74 Å². The highest BCUT2D eigenvalue weighted by Gasteiger charge is 2.26. The molecule has 31 heavy (non-hydrogen) atoms. The molecule has 0 aliphatic heterocycles. The number of nitrogens with zero attached hydrogens (tertiary/aromatic N) is 1. The standard InChI is InChI=1S/C28H29NO2/c1-4-29(26-19-13-17-24-16-9-10-18-25(24)26)21-12-6-11-20-28(2,3)27(30)31-22-23-14-7-5-8-15-23/h5-10,12-19H,4,21-22H2,1-3H3. The van der Waals surface area contributed by atoms with Crippen molar-refractivity contribution in [3.05, 3.63) is 90.5 Å². The number of benzene rings is 3. The zero-order chi connectivity index (χ0) is 22.1. The van der Waals surface area contributed by atoms with Crippen molar-refractivity contribution in [2.45, 2.75) is 27.4 Å². The number of esters is 1. The molecule has 0 saturated heterocycles. The number of allylic oxidation sites excluding steroid dienone is 1. The minimum atomic E-state index is -0.862. The number of rotatable bonds is 7. The Balaban J connectivity index is 1.60. The number of anilines is 1. The van der Waals surface area contributed by atoms with Gasteiger partial charge in [0.1, 0.15) is 12.0 Å². The van der Waals surface area contributed by atoms with Gasteiger partial charge in [0.05, 0.1) is 0 Å². The van der Waals surface area contributed by atoms with E-state index in [0.717, 1.165) is 18.7 Å². The third-order valence-corrected chi connectivity index (χ3v) is 5.12. The van der Waals surface area contributed by atoms with Gasteiger partial charge in [-0.15, -0.1) is 0 Å². The van der Waals surface area contributed by atoms with Gasteiger partial charge in [-0.1, -0.05) is 84.6 Å². The van der Waals surface area contributed by atoms with Crippen molar-refractivity contribution in [2.24, 2.45) is 5.41 Å². The lowest BCUT2D eigenvalue weighted by molar-refractivity contribution is -0.152. The minimum absolute atomic E-state index is 0.261. The summed E-state index contributed by atoms with van der Waals surface area (Å²) in [6.07, 6.45) is 3.85. The molecule has 0 radical (unpaired) electrons. The molecule has 0 N–H and O–H groups in total. The van der Waals surface area contributed by atoms with Gasteiger partial charge >= 0.3 is 5.97 Å². The molecular formula is C28H29NO2. The van der Waals surface area contributed by atoms with Crippen molar-refractivity contribution in [1.82, 2.24) is 0 Å². The molecule has 0 fully saturated rings. The Bertz CT molecular complexity index is 1100. The van der Waals surface area contributed by atoms with E-state index in [0.29, 0.717) is 0 Å². The largest absolute Gasteiger partial charge is 0.460 e. The lowest BCUT2D eigenvalue weighted by Crippen LogP contribution is -2.24. The Morgan fingerprint density at radius 1 is 1.00 bits per heavy atom. The summed E-state index contributed by atoms with van der Waals surface area (Å²) in [6, 6.07) is 24.4. The Labute approximate surface area is 185 Å². The van der Waals surface area contributed by atoms with Crippen LogP contribution in [0.15, 0.2) is 84.9 Å². The van der Waals surface area contributed by atoms with Gasteiger partial charge in [-0.25, -0.2) is 0 Å². The van der Waals surface area contributed by atoms with Crippen LogP contribution in [0.1, 0.15) is 26.3 Å². The third kappa shape index (κ3) is 5.99. The summed E-state index contributed by atoms with van der Waals surface area (Å²) in [5, 5.41) is 2.48. The zero-order valence-electron chi connectivity index (χ0n) is 18.5. The van der Waals surface area contributed by atoms with E-state index < -0.39 is 5.41 Å². The van der Waals surface area contributed by atoms with E-state index in [1.807, 2.05) is 42.5 Å². The predicted molar refractivity (Wildman–Crippen MR) is 129 cm³/mol. The fourth-order valence-corrected chi connectivity index (χ4v) is 3.30. The van der Waals surface area contributed by atoms with Gasteiger partial charge < -0.3 is 9.64 Å². The second-order valence-corrected chi connectivity index (χ2v) is 7.90. The Hall–Kier alpha value is -3.51. The maximum Gasteiger partial charge on any atom is 0.324 e. The summed E-state index contributed by atoms with van der Waals surface area (Å²) < 4.78 is 5.43. The number of fused-ring (bicyclic) bond motifs is 1. The topological polar surface area (TPSA) is 29.5 Å². The zero-order valence-corrected chi connectivity index (χ0v) is 18.5. The van der Waals surface area contributed by atoms with Gasteiger partial charge in [0.25, 0.3) is 0 Å². The fraction of sp³-hybridized carbons (Fsp3) is 0.250. The average molecular weight is 412 g/mol. The van der Waals surface area contributed by atoms with Crippen LogP contribution >= 0.6 is 0 Å². The first-order valence-corrected chi connectivity index (χ1v) is 10.6. The fourth-order valence-electron chi connectivity index (χ4n) is 3.30. The number of ether oxygens (including phenoxy) is 1. The van der Waals surface area contributed by atoms with E-state index in [1.54, 1.807) is 13.8 Å². The monoisotopic (exact) mass is 411 g/mol. The van der Waals surface area contributed by atoms with Gasteiger partial charge in [-0.05, 0) is 43.9 Å². The summed E-state index contributed by atoms with van der Waals surface area (Å²) in [4.78, 5) is 14.7. The first kappa shape index (κ1) is 22.2. The smallest absolute Gasteiger partial charge is 0.324 e. The molecule has 0 atom stereocenters. The molecule has 0 unspecified atom stereocenters. The normalized spacial score (nSPS) is 11.2. The highest BCUT2D eigenvalue weighted by Crippen LogP contribution is 2.26. The lowest BCUT2D eigenvalue weighted by atomic mass is 9.95. The van der Waals surface area contributed by atoms with E-state index in [-0.39, 0.29) is 12.6 Å². The maximum absolute atomic E-state index is 12.4. The molecular weight excluding hydrogens is 382 g/mol. The summed E-state index contributed by atoms with van der Waals surface area (Å²) >= 11 is 0. The van der Waals surface area contributed by atoms with Crippen molar-refractivity contribution in [3.8, 4) is 11.8 Å². The average Bonchev–Trinajstić information content (AvgIpc) is 2.80. The summed E-state index contributed by atoms with van der Waals surface area (Å²) in [5.41, 5.74) is 1.31. The van der Waals surface area contributed by atoms with Crippen molar-refractivity contribution in [2.75, 3.05) is 18.0 Å². The Morgan fingerprint density at radius 2 is 1.71 bits per heavy atom. The lowest BCUT2D eigenvalue weighted by Gasteiger charge is -2.23. The van der Waals surface area contributed by atoms with Crippen molar-refractivity contribution < 1.29 is 9.53 Å². The van der Waals surface area contributed by atoms with Crippen LogP contribution < -0.4 is 4.90 Å². The molecule has 0 bridgehead atoms. The van der Waals surface area contributed by atoms with E-state index in [9.17, 15) is 4.79 Å². The van der Waals surface area contributed by atoms with Crippen LogP contribution in [0.2, 0.25) is 0 Å². The van der Waals surface area contributed by atoms with E-state index >= 15 is 0 Å². The van der Waals surface area contributed by atoms with Gasteiger partial charge in [0, 0.05) is 24.2 Å². The van der Waals surface area contributed by atoms with Crippen LogP contribution in [0.25, 0.3) is 10.8 Å².